The van der Waals surface area contributed by atoms with Gasteiger partial charge >= 0.3 is 60.5 Å². The lowest BCUT2D eigenvalue weighted by atomic mass is 10.2. The highest BCUT2D eigenvalue weighted by molar-refractivity contribution is 7.98. The number of alkyl halides is 12. The number of nitrogens with zero attached hydrogens (tertiary/aromatic N) is 12. The minimum absolute atomic E-state index is 0. The average Bonchev–Trinajstić information content (AvgIpc) is 3.32. The molecular weight excluding hydrogens is 1140 g/mol. The van der Waals surface area contributed by atoms with Gasteiger partial charge in [0, 0.05) is 0 Å². The maximum Gasteiger partial charge on any atom is 0.437 e. The summed E-state index contributed by atoms with van der Waals surface area (Å²) in [6, 6.07) is 0. The molecule has 436 valence electrons. The van der Waals surface area contributed by atoms with Gasteiger partial charge in [0.25, 0.3) is 11.6 Å². The third kappa shape index (κ3) is 23.1. The Morgan fingerprint density at radius 2 is 0.654 bits per heavy atom. The highest BCUT2D eigenvalue weighted by atomic mass is 32.2. The summed E-state index contributed by atoms with van der Waals surface area (Å²) < 4.78 is 179. The molecule has 40 heteroatoms. The fraction of sp³-hybridized carbons (Fsp3) is 0.526. The zero-order chi connectivity index (χ0) is 58.6. The van der Waals surface area contributed by atoms with Gasteiger partial charge in [-0.1, -0.05) is 23.5 Å². The molecule has 4 heterocycles. The van der Waals surface area contributed by atoms with Crippen molar-refractivity contribution in [1.82, 2.24) is 60.7 Å². The van der Waals surface area contributed by atoms with Crippen LogP contribution in [0.5, 0.6) is 0 Å². The van der Waals surface area contributed by atoms with Crippen LogP contribution in [0.4, 0.5) is 52.7 Å². The molecule has 0 fully saturated rings. The Bertz CT molecular complexity index is 2670. The zero-order valence-electron chi connectivity index (χ0n) is 41.7. The van der Waals surface area contributed by atoms with Crippen molar-refractivity contribution in [3.05, 3.63) is 57.2 Å². The van der Waals surface area contributed by atoms with Gasteiger partial charge in [0.05, 0.1) is 33.0 Å². The van der Waals surface area contributed by atoms with Crippen molar-refractivity contribution >= 4 is 59.3 Å². The molecule has 4 N–H and O–H groups in total. The number of halogens is 12. The summed E-state index contributed by atoms with van der Waals surface area (Å²) >= 11 is 1.87. The molecule has 26 nitrogen and oxygen atoms in total. The first-order chi connectivity index (χ1) is 35.1. The van der Waals surface area contributed by atoms with Crippen LogP contribution in [0, 0.1) is 0 Å². The predicted octanol–water partition coefficient (Wildman–Crippen LogP) is 5.19. The Morgan fingerprint density at radius 1 is 0.372 bits per heavy atom. The van der Waals surface area contributed by atoms with Crippen molar-refractivity contribution in [3.8, 4) is 0 Å². The molecule has 0 unspecified atom stereocenters. The van der Waals surface area contributed by atoms with E-state index in [-0.39, 0.29) is 54.3 Å². The molecule has 0 aliphatic rings. The summed E-state index contributed by atoms with van der Waals surface area (Å²) in [5.41, 5.74) is -11.0. The first-order valence-corrected chi connectivity index (χ1v) is 23.0. The summed E-state index contributed by atoms with van der Waals surface area (Å²) in [5, 5.41) is 24.4. The van der Waals surface area contributed by atoms with E-state index in [9.17, 15) is 81.5 Å². The van der Waals surface area contributed by atoms with E-state index in [0.29, 0.717) is 0 Å². The standard InChI is InChI=1S/C12H14F3N3O4.C10H10F3N3O4.2C8H8F3N3O2S.2H2O/c1-5-21-9(19)6-7(12(13,14)15)17-18-8(16-6)10(20)22-11(2,3)4;1-3-19-8(17)5-6(10(11,12)13)15-16-7(14-5)9(18)20-4-2;1-3-16-6(15)4-5(8(9,10)11)12-7(17-2)14-13-4;1-3-16-6(15)4-5(8(9,10)11)13-14-7(12-4)17-2;;/h5H2,1-4H3;3-4H2,1-2H3;2*3H2,1-2H3;2*1H2. The molecule has 0 amide bonds. The first kappa shape index (κ1) is 72.7. The molecule has 0 saturated carbocycles. The van der Waals surface area contributed by atoms with Crippen molar-refractivity contribution in [2.75, 3.05) is 45.5 Å². The Hall–Kier alpha value is -7.36. The van der Waals surface area contributed by atoms with Gasteiger partial charge in [-0.15, -0.1) is 40.8 Å². The molecule has 4 aromatic heterocycles. The smallest absolute Gasteiger partial charge is 0.437 e. The highest BCUT2D eigenvalue weighted by Gasteiger charge is 2.43. The van der Waals surface area contributed by atoms with Gasteiger partial charge in [-0.3, -0.25) is 0 Å². The lowest BCUT2D eigenvalue weighted by molar-refractivity contribution is -0.143. The molecule has 0 spiro atoms. The van der Waals surface area contributed by atoms with E-state index >= 15 is 0 Å². The monoisotopic (exact) mass is 1180 g/mol. The summed E-state index contributed by atoms with van der Waals surface area (Å²) in [5.74, 6) is -8.74. The number of hydrogen-bond acceptors (Lipinski definition) is 26. The van der Waals surface area contributed by atoms with E-state index in [1.54, 1.807) is 27.0 Å². The number of esters is 6. The van der Waals surface area contributed by atoms with Crippen molar-refractivity contribution in [2.24, 2.45) is 0 Å². The van der Waals surface area contributed by atoms with Gasteiger partial charge in [-0.05, 0) is 67.9 Å². The second kappa shape index (κ2) is 31.8. The number of carbonyl (C=O) groups is 6. The van der Waals surface area contributed by atoms with Gasteiger partial charge in [-0.2, -0.15) is 52.7 Å². The van der Waals surface area contributed by atoms with Crippen LogP contribution in [-0.4, -0.2) is 159 Å². The quantitative estimate of drug-likeness (QED) is 0.0718. The average molecular weight is 1180 g/mol. The van der Waals surface area contributed by atoms with Gasteiger partial charge in [0.2, 0.25) is 16.0 Å². The largest absolute Gasteiger partial charge is 0.461 e. The predicted molar refractivity (Wildman–Crippen MR) is 235 cm³/mol. The normalized spacial score (nSPS) is 11.2. The molecule has 0 aromatic carbocycles. The SMILES string of the molecule is CCOC(=O)c1nc(C(=O)OC(C)(C)C)nnc1C(F)(F)F.CCOC(=O)c1nc(SC)nnc1C(F)(F)F.CCOC(=O)c1nnc(C(F)(F)F)c(C(=O)OCC)n1.CCOC(=O)c1nnc(SC)nc1C(F)(F)F.O.O. The second-order valence-electron chi connectivity index (χ2n) is 13.8. The van der Waals surface area contributed by atoms with E-state index in [4.69, 9.17) is 4.74 Å². The third-order valence-electron chi connectivity index (χ3n) is 7.06. The fourth-order valence-corrected chi connectivity index (χ4v) is 4.88. The summed E-state index contributed by atoms with van der Waals surface area (Å²) in [6.07, 6.45) is -16.4. The number of rotatable bonds is 13. The molecule has 0 bridgehead atoms. The summed E-state index contributed by atoms with van der Waals surface area (Å²) in [7, 11) is 0. The van der Waals surface area contributed by atoms with Crippen LogP contribution in [0.15, 0.2) is 10.3 Å². The van der Waals surface area contributed by atoms with Gasteiger partial charge in [-0.25, -0.2) is 48.7 Å². The van der Waals surface area contributed by atoms with E-state index in [1.165, 1.54) is 40.9 Å². The van der Waals surface area contributed by atoms with Crippen molar-refractivity contribution in [3.63, 3.8) is 0 Å². The fourth-order valence-electron chi connectivity index (χ4n) is 4.27. The van der Waals surface area contributed by atoms with Gasteiger partial charge in [0.1, 0.15) is 5.60 Å². The molecule has 0 aliphatic heterocycles. The van der Waals surface area contributed by atoms with Crippen LogP contribution >= 0.6 is 23.5 Å². The number of carbonyl (C=O) groups excluding carboxylic acids is 6. The van der Waals surface area contributed by atoms with Crippen molar-refractivity contribution in [2.45, 2.75) is 96.0 Å². The Morgan fingerprint density at radius 3 is 0.974 bits per heavy atom. The van der Waals surface area contributed by atoms with E-state index in [0.717, 1.165) is 23.5 Å². The van der Waals surface area contributed by atoms with E-state index in [2.05, 4.69) is 84.4 Å². The number of thioether (sulfide) groups is 2. The van der Waals surface area contributed by atoms with Crippen LogP contribution in [0.1, 0.15) is 141 Å². The number of aromatic nitrogens is 12. The third-order valence-corrected chi connectivity index (χ3v) is 8.14. The molecule has 4 aromatic rings. The second-order valence-corrected chi connectivity index (χ2v) is 15.3. The highest BCUT2D eigenvalue weighted by Crippen LogP contribution is 2.33. The lowest BCUT2D eigenvalue weighted by Crippen LogP contribution is -2.28. The van der Waals surface area contributed by atoms with Crippen LogP contribution in [0.2, 0.25) is 0 Å². The lowest BCUT2D eigenvalue weighted by Gasteiger charge is -2.18. The minimum atomic E-state index is -4.96. The van der Waals surface area contributed by atoms with Crippen LogP contribution in [-0.2, 0) is 53.1 Å². The molecule has 4 rings (SSSR count). The number of hydrogen-bond donors (Lipinski definition) is 0. The molecule has 0 aliphatic carbocycles. The maximum atomic E-state index is 12.8. The van der Waals surface area contributed by atoms with Crippen molar-refractivity contribution in [1.29, 1.82) is 0 Å². The van der Waals surface area contributed by atoms with Gasteiger partial charge < -0.3 is 39.4 Å². The van der Waals surface area contributed by atoms with Crippen molar-refractivity contribution < 1.29 is 121 Å². The summed E-state index contributed by atoms with van der Waals surface area (Å²) in [6.45, 7) is 11.5. The van der Waals surface area contributed by atoms with Gasteiger partial charge in [0.15, 0.2) is 39.9 Å². The zero-order valence-corrected chi connectivity index (χ0v) is 43.3. The Labute approximate surface area is 438 Å². The topological polar surface area (TPSA) is 375 Å². The number of ether oxygens (including phenoxy) is 6. The molecule has 0 saturated heterocycles. The molecular formula is C38H44F12N12O14S2. The summed E-state index contributed by atoms with van der Waals surface area (Å²) in [4.78, 5) is 81.9. The Balaban J connectivity index is 0. The molecule has 0 radical (unpaired) electrons. The maximum absolute atomic E-state index is 12.8. The molecule has 0 atom stereocenters. The van der Waals surface area contributed by atoms with E-state index < -0.39 is 123 Å². The first-order valence-electron chi connectivity index (χ1n) is 20.5. The van der Waals surface area contributed by atoms with Crippen LogP contribution < -0.4 is 0 Å². The minimum Gasteiger partial charge on any atom is -0.461 e. The van der Waals surface area contributed by atoms with Crippen LogP contribution in [0.3, 0.4) is 0 Å². The molecule has 78 heavy (non-hydrogen) atoms. The Kier molecular flexibility index (Phi) is 29.6. The van der Waals surface area contributed by atoms with Crippen LogP contribution in [0.25, 0.3) is 0 Å². The van der Waals surface area contributed by atoms with E-state index in [1.807, 2.05) is 0 Å².